The van der Waals surface area contributed by atoms with Gasteiger partial charge < -0.3 is 15.7 Å². The Hall–Kier alpha value is -2.40. The van der Waals surface area contributed by atoms with E-state index < -0.39 is 0 Å². The molecule has 0 aliphatic rings. The molecule has 0 spiro atoms. The van der Waals surface area contributed by atoms with Crippen molar-refractivity contribution < 1.29 is 9.90 Å². The molecule has 1 heterocycles. The number of rotatable bonds is 5. The van der Waals surface area contributed by atoms with E-state index in [1.54, 1.807) is 37.6 Å². The molecule has 0 saturated carbocycles. The Morgan fingerprint density at radius 2 is 2.00 bits per heavy atom. The molecule has 0 aliphatic carbocycles. The van der Waals surface area contributed by atoms with E-state index in [1.165, 1.54) is 0 Å². The normalized spacial score (nSPS) is 10.1. The van der Waals surface area contributed by atoms with Crippen LogP contribution in [0.5, 0.6) is 0 Å². The summed E-state index contributed by atoms with van der Waals surface area (Å²) < 4.78 is 0. The molecule has 5 heteroatoms. The average Bonchev–Trinajstić information content (AvgIpc) is 2.53. The van der Waals surface area contributed by atoms with Gasteiger partial charge in [-0.3, -0.25) is 9.78 Å². The van der Waals surface area contributed by atoms with Crippen LogP contribution in [0.2, 0.25) is 0 Å². The fourth-order valence-corrected chi connectivity index (χ4v) is 1.84. The summed E-state index contributed by atoms with van der Waals surface area (Å²) >= 11 is 0. The number of pyridine rings is 1. The van der Waals surface area contributed by atoms with Crippen LogP contribution in [-0.4, -0.2) is 23.0 Å². The number of aliphatic hydroxyl groups excluding tert-OH is 1. The lowest BCUT2D eigenvalue weighted by Crippen LogP contribution is -2.17. The van der Waals surface area contributed by atoms with Crippen LogP contribution in [0.15, 0.2) is 42.7 Å². The standard InChI is InChI=1S/C15H17N3O2/c1-16-15(20)12-4-2-11(3-5-12)8-18-14-9-17-7-6-13(14)10-19/h2-7,9,18-19H,8,10H2,1H3,(H,16,20). The first kappa shape index (κ1) is 14.0. The van der Waals surface area contributed by atoms with Crippen molar-refractivity contribution >= 4 is 11.6 Å². The number of benzene rings is 1. The second kappa shape index (κ2) is 6.68. The van der Waals surface area contributed by atoms with Gasteiger partial charge in [-0.05, 0) is 23.8 Å². The Kier molecular flexibility index (Phi) is 4.68. The molecular weight excluding hydrogens is 254 g/mol. The Balaban J connectivity index is 2.02. The summed E-state index contributed by atoms with van der Waals surface area (Å²) in [5, 5.41) is 15.0. The Bertz CT molecular complexity index is 582. The predicted molar refractivity (Wildman–Crippen MR) is 77.3 cm³/mol. The molecule has 104 valence electrons. The minimum atomic E-state index is -0.0978. The molecule has 1 amide bonds. The maximum atomic E-state index is 11.4. The number of aliphatic hydroxyl groups is 1. The minimum absolute atomic E-state index is 0.0273. The summed E-state index contributed by atoms with van der Waals surface area (Å²) in [6.07, 6.45) is 3.33. The maximum Gasteiger partial charge on any atom is 0.251 e. The zero-order chi connectivity index (χ0) is 14.4. The second-order valence-electron chi connectivity index (χ2n) is 4.32. The molecule has 0 atom stereocenters. The van der Waals surface area contributed by atoms with E-state index in [1.807, 2.05) is 12.1 Å². The van der Waals surface area contributed by atoms with E-state index >= 15 is 0 Å². The van der Waals surface area contributed by atoms with Gasteiger partial charge in [-0.25, -0.2) is 0 Å². The highest BCUT2D eigenvalue weighted by Gasteiger charge is 2.03. The number of nitrogens with zero attached hydrogens (tertiary/aromatic N) is 1. The van der Waals surface area contributed by atoms with Crippen LogP contribution in [0.25, 0.3) is 0 Å². The van der Waals surface area contributed by atoms with Crippen LogP contribution in [0.4, 0.5) is 5.69 Å². The molecule has 5 nitrogen and oxygen atoms in total. The van der Waals surface area contributed by atoms with E-state index in [9.17, 15) is 9.90 Å². The van der Waals surface area contributed by atoms with Gasteiger partial charge in [0.1, 0.15) is 0 Å². The van der Waals surface area contributed by atoms with Crippen LogP contribution in [-0.2, 0) is 13.2 Å². The molecule has 2 aromatic rings. The monoisotopic (exact) mass is 271 g/mol. The van der Waals surface area contributed by atoms with Crippen LogP contribution in [0.3, 0.4) is 0 Å². The third kappa shape index (κ3) is 3.33. The molecular formula is C15H17N3O2. The third-order valence-electron chi connectivity index (χ3n) is 3.01. The number of carbonyl (C=O) groups is 1. The summed E-state index contributed by atoms with van der Waals surface area (Å²) in [7, 11) is 1.61. The van der Waals surface area contributed by atoms with Crippen molar-refractivity contribution in [3.8, 4) is 0 Å². The molecule has 1 aromatic carbocycles. The van der Waals surface area contributed by atoms with Gasteiger partial charge in [0.15, 0.2) is 0 Å². The van der Waals surface area contributed by atoms with Gasteiger partial charge in [0.05, 0.1) is 18.5 Å². The van der Waals surface area contributed by atoms with Crippen molar-refractivity contribution in [1.29, 1.82) is 0 Å². The fourth-order valence-electron chi connectivity index (χ4n) is 1.84. The van der Waals surface area contributed by atoms with Gasteiger partial charge in [0.2, 0.25) is 0 Å². The quantitative estimate of drug-likeness (QED) is 0.771. The van der Waals surface area contributed by atoms with Gasteiger partial charge in [-0.15, -0.1) is 0 Å². The first-order valence-corrected chi connectivity index (χ1v) is 6.33. The number of hydrogen-bond acceptors (Lipinski definition) is 4. The molecule has 0 bridgehead atoms. The fraction of sp³-hybridized carbons (Fsp3) is 0.200. The van der Waals surface area contributed by atoms with Gasteiger partial charge in [0.25, 0.3) is 5.91 Å². The average molecular weight is 271 g/mol. The van der Waals surface area contributed by atoms with E-state index in [0.717, 1.165) is 16.8 Å². The molecule has 0 unspecified atom stereocenters. The maximum absolute atomic E-state index is 11.4. The third-order valence-corrected chi connectivity index (χ3v) is 3.01. The molecule has 0 fully saturated rings. The van der Waals surface area contributed by atoms with Crippen molar-refractivity contribution in [2.75, 3.05) is 12.4 Å². The van der Waals surface area contributed by atoms with Gasteiger partial charge in [-0.1, -0.05) is 12.1 Å². The zero-order valence-electron chi connectivity index (χ0n) is 11.3. The topological polar surface area (TPSA) is 74.2 Å². The predicted octanol–water partition coefficient (Wildman–Crippen LogP) is 1.55. The van der Waals surface area contributed by atoms with Crippen LogP contribution in [0, 0.1) is 0 Å². The molecule has 0 aliphatic heterocycles. The molecule has 3 N–H and O–H groups in total. The van der Waals surface area contributed by atoms with Gasteiger partial charge in [0, 0.05) is 30.9 Å². The van der Waals surface area contributed by atoms with Crippen LogP contribution in [0.1, 0.15) is 21.5 Å². The smallest absolute Gasteiger partial charge is 0.251 e. The van der Waals surface area contributed by atoms with Crippen molar-refractivity contribution in [3.63, 3.8) is 0 Å². The first-order chi connectivity index (χ1) is 9.74. The number of anilines is 1. The van der Waals surface area contributed by atoms with Gasteiger partial charge in [-0.2, -0.15) is 0 Å². The molecule has 0 radical (unpaired) electrons. The molecule has 1 aromatic heterocycles. The largest absolute Gasteiger partial charge is 0.392 e. The van der Waals surface area contributed by atoms with E-state index in [-0.39, 0.29) is 12.5 Å². The number of amides is 1. The summed E-state index contributed by atoms with van der Waals surface area (Å²) in [5.41, 5.74) is 3.30. The second-order valence-corrected chi connectivity index (χ2v) is 4.32. The number of nitrogens with one attached hydrogen (secondary N) is 2. The minimum Gasteiger partial charge on any atom is -0.392 e. The number of aromatic nitrogens is 1. The molecule has 20 heavy (non-hydrogen) atoms. The SMILES string of the molecule is CNC(=O)c1ccc(CNc2cnccc2CO)cc1. The highest BCUT2D eigenvalue weighted by Crippen LogP contribution is 2.14. The first-order valence-electron chi connectivity index (χ1n) is 6.33. The highest BCUT2D eigenvalue weighted by atomic mass is 16.3. The number of hydrogen-bond donors (Lipinski definition) is 3. The van der Waals surface area contributed by atoms with E-state index in [4.69, 9.17) is 0 Å². The summed E-state index contributed by atoms with van der Waals surface area (Å²) in [4.78, 5) is 15.5. The highest BCUT2D eigenvalue weighted by molar-refractivity contribution is 5.93. The molecule has 0 saturated heterocycles. The lowest BCUT2D eigenvalue weighted by molar-refractivity contribution is 0.0963. The van der Waals surface area contributed by atoms with Gasteiger partial charge >= 0.3 is 0 Å². The lowest BCUT2D eigenvalue weighted by atomic mass is 10.1. The van der Waals surface area contributed by atoms with E-state index in [2.05, 4.69) is 15.6 Å². The summed E-state index contributed by atoms with van der Waals surface area (Å²) in [6, 6.07) is 9.13. The van der Waals surface area contributed by atoms with Crippen molar-refractivity contribution in [2.24, 2.45) is 0 Å². The van der Waals surface area contributed by atoms with Crippen molar-refractivity contribution in [1.82, 2.24) is 10.3 Å². The van der Waals surface area contributed by atoms with Crippen molar-refractivity contribution in [2.45, 2.75) is 13.2 Å². The van der Waals surface area contributed by atoms with Crippen LogP contribution < -0.4 is 10.6 Å². The Morgan fingerprint density at radius 1 is 1.25 bits per heavy atom. The van der Waals surface area contributed by atoms with E-state index in [0.29, 0.717) is 12.1 Å². The Labute approximate surface area is 117 Å². The molecule has 2 rings (SSSR count). The zero-order valence-corrected chi connectivity index (χ0v) is 11.3. The van der Waals surface area contributed by atoms with Crippen molar-refractivity contribution in [3.05, 3.63) is 59.4 Å². The summed E-state index contributed by atoms with van der Waals surface area (Å²) in [5.74, 6) is -0.0978. The number of carbonyl (C=O) groups excluding carboxylic acids is 1. The Morgan fingerprint density at radius 3 is 2.65 bits per heavy atom. The lowest BCUT2D eigenvalue weighted by Gasteiger charge is -2.10. The van der Waals surface area contributed by atoms with Crippen LogP contribution >= 0.6 is 0 Å². The summed E-state index contributed by atoms with van der Waals surface area (Å²) in [6.45, 7) is 0.577.